The maximum absolute atomic E-state index is 12.9. The van der Waals surface area contributed by atoms with Crippen molar-refractivity contribution < 1.29 is 9.50 Å². The van der Waals surface area contributed by atoms with E-state index in [9.17, 15) is 9.50 Å². The Kier molecular flexibility index (Phi) is 2.85. The molecular formula is C9H10BrFO. The minimum Gasteiger partial charge on any atom is -0.389 e. The highest BCUT2D eigenvalue weighted by Gasteiger charge is 2.10. The molecule has 0 spiro atoms. The maximum atomic E-state index is 12.9. The molecule has 0 aliphatic rings. The molecule has 0 aliphatic carbocycles. The summed E-state index contributed by atoms with van der Waals surface area (Å²) in [5.41, 5.74) is 1.25. The van der Waals surface area contributed by atoms with E-state index in [1.165, 1.54) is 6.07 Å². The molecule has 0 unspecified atom stereocenters. The van der Waals surface area contributed by atoms with Gasteiger partial charge < -0.3 is 5.11 Å². The molecule has 0 fully saturated rings. The smallest absolute Gasteiger partial charge is 0.127 e. The van der Waals surface area contributed by atoms with Crippen LogP contribution in [0.1, 0.15) is 24.2 Å². The van der Waals surface area contributed by atoms with Gasteiger partial charge in [0.05, 0.1) is 6.10 Å². The molecule has 0 amide bonds. The van der Waals surface area contributed by atoms with Gasteiger partial charge in [0.2, 0.25) is 0 Å². The van der Waals surface area contributed by atoms with Gasteiger partial charge in [-0.1, -0.05) is 22.0 Å². The highest BCUT2D eigenvalue weighted by atomic mass is 79.9. The first-order chi connectivity index (χ1) is 5.54. The molecule has 0 saturated heterocycles. The van der Waals surface area contributed by atoms with Crippen molar-refractivity contribution in [3.05, 3.63) is 33.5 Å². The van der Waals surface area contributed by atoms with E-state index in [1.807, 2.05) is 0 Å². The Hall–Kier alpha value is -0.410. The molecule has 1 nitrogen and oxygen atoms in total. The topological polar surface area (TPSA) is 20.2 Å². The van der Waals surface area contributed by atoms with Gasteiger partial charge in [-0.2, -0.15) is 0 Å². The van der Waals surface area contributed by atoms with Gasteiger partial charge in [0.15, 0.2) is 0 Å². The molecular weight excluding hydrogens is 223 g/mol. The van der Waals surface area contributed by atoms with Crippen molar-refractivity contribution >= 4 is 15.9 Å². The van der Waals surface area contributed by atoms with Crippen molar-refractivity contribution in [2.45, 2.75) is 20.0 Å². The van der Waals surface area contributed by atoms with E-state index in [4.69, 9.17) is 0 Å². The van der Waals surface area contributed by atoms with Crippen molar-refractivity contribution in [1.29, 1.82) is 0 Å². The first-order valence-corrected chi connectivity index (χ1v) is 4.46. The summed E-state index contributed by atoms with van der Waals surface area (Å²) in [6.45, 7) is 3.32. The number of hydrogen-bond acceptors (Lipinski definition) is 1. The molecule has 0 heterocycles. The molecule has 0 aromatic heterocycles. The second-order valence-electron chi connectivity index (χ2n) is 2.75. The number of benzene rings is 1. The summed E-state index contributed by atoms with van der Waals surface area (Å²) in [6.07, 6.45) is -0.571. The van der Waals surface area contributed by atoms with Crippen molar-refractivity contribution in [2.24, 2.45) is 0 Å². The molecule has 0 aliphatic heterocycles. The predicted molar refractivity (Wildman–Crippen MR) is 49.5 cm³/mol. The van der Waals surface area contributed by atoms with Crippen molar-refractivity contribution in [1.82, 2.24) is 0 Å². The van der Waals surface area contributed by atoms with Gasteiger partial charge in [-0.3, -0.25) is 0 Å². The lowest BCUT2D eigenvalue weighted by Gasteiger charge is -2.09. The van der Waals surface area contributed by atoms with Crippen LogP contribution in [0.25, 0.3) is 0 Å². The van der Waals surface area contributed by atoms with E-state index in [-0.39, 0.29) is 5.82 Å². The summed E-state index contributed by atoms with van der Waals surface area (Å²) in [6, 6.07) is 2.94. The van der Waals surface area contributed by atoms with Crippen LogP contribution in [0.2, 0.25) is 0 Å². The van der Waals surface area contributed by atoms with Crippen LogP contribution in [-0.2, 0) is 0 Å². The van der Waals surface area contributed by atoms with E-state index in [2.05, 4.69) is 15.9 Å². The zero-order valence-electron chi connectivity index (χ0n) is 6.94. The van der Waals surface area contributed by atoms with Crippen LogP contribution in [0.4, 0.5) is 4.39 Å². The van der Waals surface area contributed by atoms with Crippen LogP contribution >= 0.6 is 15.9 Å². The molecule has 1 aromatic carbocycles. The SMILES string of the molecule is Cc1c(F)ccc([C@@H](C)O)c1Br. The highest BCUT2D eigenvalue weighted by molar-refractivity contribution is 9.10. The molecule has 1 aromatic rings. The van der Waals surface area contributed by atoms with Crippen LogP contribution < -0.4 is 0 Å². The van der Waals surface area contributed by atoms with Crippen LogP contribution in [0.5, 0.6) is 0 Å². The van der Waals surface area contributed by atoms with E-state index in [0.29, 0.717) is 15.6 Å². The molecule has 66 valence electrons. The summed E-state index contributed by atoms with van der Waals surface area (Å²) >= 11 is 3.23. The third-order valence-electron chi connectivity index (χ3n) is 1.80. The Morgan fingerprint density at radius 3 is 2.58 bits per heavy atom. The van der Waals surface area contributed by atoms with Gasteiger partial charge in [0.25, 0.3) is 0 Å². The van der Waals surface area contributed by atoms with Crippen molar-refractivity contribution in [2.75, 3.05) is 0 Å². The molecule has 1 atom stereocenters. The Labute approximate surface area is 79.4 Å². The van der Waals surface area contributed by atoms with E-state index >= 15 is 0 Å². The summed E-state index contributed by atoms with van der Waals surface area (Å²) in [7, 11) is 0. The third-order valence-corrected chi connectivity index (χ3v) is 2.85. The lowest BCUT2D eigenvalue weighted by atomic mass is 10.1. The Bertz CT molecular complexity index is 297. The quantitative estimate of drug-likeness (QED) is 0.790. The van der Waals surface area contributed by atoms with Crippen LogP contribution in [0.15, 0.2) is 16.6 Å². The van der Waals surface area contributed by atoms with Crippen LogP contribution in [0.3, 0.4) is 0 Å². The molecule has 0 radical (unpaired) electrons. The van der Waals surface area contributed by atoms with E-state index < -0.39 is 6.10 Å². The molecule has 3 heteroatoms. The van der Waals surface area contributed by atoms with Gasteiger partial charge in [-0.05, 0) is 31.0 Å². The Balaban J connectivity index is 3.27. The fourth-order valence-electron chi connectivity index (χ4n) is 1.01. The van der Waals surface area contributed by atoms with Gasteiger partial charge in [-0.15, -0.1) is 0 Å². The van der Waals surface area contributed by atoms with Crippen LogP contribution in [0, 0.1) is 12.7 Å². The summed E-state index contributed by atoms with van der Waals surface area (Å²) in [5.74, 6) is -0.258. The first kappa shape index (κ1) is 9.68. The monoisotopic (exact) mass is 232 g/mol. The van der Waals surface area contributed by atoms with E-state index in [1.54, 1.807) is 19.9 Å². The molecule has 0 saturated carbocycles. The lowest BCUT2D eigenvalue weighted by molar-refractivity contribution is 0.198. The second kappa shape index (κ2) is 3.54. The molecule has 1 rings (SSSR count). The molecule has 0 bridgehead atoms. The number of aliphatic hydroxyl groups is 1. The van der Waals surface area contributed by atoms with Gasteiger partial charge in [-0.25, -0.2) is 4.39 Å². The van der Waals surface area contributed by atoms with E-state index in [0.717, 1.165) is 0 Å². The normalized spacial score (nSPS) is 13.1. The standard InChI is InChI=1S/C9H10BrFO/c1-5-8(11)4-3-7(6(2)12)9(5)10/h3-4,6,12H,1-2H3/t6-/m1/s1. The minimum absolute atomic E-state index is 0.258. The lowest BCUT2D eigenvalue weighted by Crippen LogP contribution is -1.96. The number of rotatable bonds is 1. The average molecular weight is 233 g/mol. The molecule has 12 heavy (non-hydrogen) atoms. The number of halogens is 2. The third kappa shape index (κ3) is 1.67. The Morgan fingerprint density at radius 1 is 1.50 bits per heavy atom. The summed E-state index contributed by atoms with van der Waals surface area (Å²) in [5, 5.41) is 9.27. The zero-order valence-corrected chi connectivity index (χ0v) is 8.52. The number of hydrogen-bond donors (Lipinski definition) is 1. The second-order valence-corrected chi connectivity index (χ2v) is 3.54. The minimum atomic E-state index is -0.571. The van der Waals surface area contributed by atoms with Crippen molar-refractivity contribution in [3.63, 3.8) is 0 Å². The maximum Gasteiger partial charge on any atom is 0.127 e. The van der Waals surface area contributed by atoms with Gasteiger partial charge in [0, 0.05) is 4.47 Å². The van der Waals surface area contributed by atoms with Crippen molar-refractivity contribution in [3.8, 4) is 0 Å². The highest BCUT2D eigenvalue weighted by Crippen LogP contribution is 2.27. The summed E-state index contributed by atoms with van der Waals surface area (Å²) < 4.78 is 13.6. The predicted octanol–water partition coefficient (Wildman–Crippen LogP) is 2.95. The Morgan fingerprint density at radius 2 is 2.08 bits per heavy atom. The fourth-order valence-corrected chi connectivity index (χ4v) is 1.66. The molecule has 1 N–H and O–H groups in total. The zero-order chi connectivity index (χ0) is 9.30. The fraction of sp³-hybridized carbons (Fsp3) is 0.333. The first-order valence-electron chi connectivity index (χ1n) is 3.66. The average Bonchev–Trinajstić information content (AvgIpc) is 2.00. The van der Waals surface area contributed by atoms with Crippen LogP contribution in [-0.4, -0.2) is 5.11 Å². The van der Waals surface area contributed by atoms with Gasteiger partial charge >= 0.3 is 0 Å². The number of aliphatic hydroxyl groups excluding tert-OH is 1. The largest absolute Gasteiger partial charge is 0.389 e. The van der Waals surface area contributed by atoms with Gasteiger partial charge in [0.1, 0.15) is 5.82 Å². The summed E-state index contributed by atoms with van der Waals surface area (Å²) in [4.78, 5) is 0.